The van der Waals surface area contributed by atoms with Crippen molar-refractivity contribution in [1.29, 1.82) is 0 Å². The Morgan fingerprint density at radius 1 is 1.18 bits per heavy atom. The Hall–Kier alpha value is -2.20. The lowest BCUT2D eigenvalue weighted by molar-refractivity contribution is -0.119. The highest BCUT2D eigenvalue weighted by Crippen LogP contribution is 2.19. The molecule has 0 spiro atoms. The first kappa shape index (κ1) is 16.2. The van der Waals surface area contributed by atoms with Gasteiger partial charge in [0, 0.05) is 17.3 Å². The molecule has 116 valence electrons. The molecule has 2 aromatic rings. The summed E-state index contributed by atoms with van der Waals surface area (Å²) < 4.78 is 5.09. The lowest BCUT2D eigenvalue weighted by atomic mass is 10.2. The maximum atomic E-state index is 11.8. The fraction of sp³-hybridized carbons (Fsp3) is 0.235. The summed E-state index contributed by atoms with van der Waals surface area (Å²) in [6.45, 7) is 2.63. The van der Waals surface area contributed by atoms with Crippen LogP contribution in [0, 0.1) is 6.92 Å². The Kier molecular flexibility index (Phi) is 5.67. The molecule has 0 radical (unpaired) electrons. The predicted molar refractivity (Wildman–Crippen MR) is 89.5 cm³/mol. The molecule has 2 rings (SSSR count). The number of nitrogens with one attached hydrogen (secondary N) is 2. The van der Waals surface area contributed by atoms with Gasteiger partial charge in [0.1, 0.15) is 5.75 Å². The zero-order chi connectivity index (χ0) is 15.9. The standard InChI is InChI=1S/C17H19ClN2O2/c1-12-3-6-14(9-16(12)18)19-11-17(21)20-10-13-4-7-15(22-2)8-5-13/h3-9,19H,10-11H2,1-2H3,(H,20,21). The molecule has 0 fully saturated rings. The first-order valence-corrected chi connectivity index (χ1v) is 7.36. The molecule has 5 heteroatoms. The van der Waals surface area contributed by atoms with E-state index in [1.165, 1.54) is 0 Å². The number of anilines is 1. The van der Waals surface area contributed by atoms with Crippen molar-refractivity contribution in [1.82, 2.24) is 5.32 Å². The van der Waals surface area contributed by atoms with Gasteiger partial charge in [0.15, 0.2) is 0 Å². The molecule has 4 nitrogen and oxygen atoms in total. The SMILES string of the molecule is COc1ccc(CNC(=O)CNc2ccc(C)c(Cl)c2)cc1. The van der Waals surface area contributed by atoms with Crippen molar-refractivity contribution in [3.63, 3.8) is 0 Å². The maximum absolute atomic E-state index is 11.8. The van der Waals surface area contributed by atoms with Gasteiger partial charge in [-0.15, -0.1) is 0 Å². The van der Waals surface area contributed by atoms with Gasteiger partial charge in [0.2, 0.25) is 5.91 Å². The van der Waals surface area contributed by atoms with Gasteiger partial charge in [-0.3, -0.25) is 4.79 Å². The normalized spacial score (nSPS) is 10.1. The van der Waals surface area contributed by atoms with Gasteiger partial charge in [-0.1, -0.05) is 29.8 Å². The Balaban J connectivity index is 1.78. The number of halogens is 1. The van der Waals surface area contributed by atoms with E-state index in [1.54, 1.807) is 7.11 Å². The third kappa shape index (κ3) is 4.67. The summed E-state index contributed by atoms with van der Waals surface area (Å²) in [4.78, 5) is 11.8. The van der Waals surface area contributed by atoms with Crippen molar-refractivity contribution in [2.45, 2.75) is 13.5 Å². The van der Waals surface area contributed by atoms with Gasteiger partial charge >= 0.3 is 0 Å². The van der Waals surface area contributed by atoms with Crippen molar-refractivity contribution in [3.05, 3.63) is 58.6 Å². The number of carbonyl (C=O) groups excluding carboxylic acids is 1. The van der Waals surface area contributed by atoms with Crippen molar-refractivity contribution in [2.24, 2.45) is 0 Å². The number of rotatable bonds is 6. The molecule has 0 unspecified atom stereocenters. The average Bonchev–Trinajstić information content (AvgIpc) is 2.54. The molecule has 0 aromatic heterocycles. The predicted octanol–water partition coefficient (Wildman–Crippen LogP) is 3.39. The molecule has 0 bridgehead atoms. The molecular weight excluding hydrogens is 300 g/mol. The van der Waals surface area contributed by atoms with E-state index in [0.717, 1.165) is 22.6 Å². The molecule has 2 aromatic carbocycles. The number of hydrogen-bond donors (Lipinski definition) is 2. The number of hydrogen-bond acceptors (Lipinski definition) is 3. The molecule has 2 N–H and O–H groups in total. The summed E-state index contributed by atoms with van der Waals surface area (Å²) >= 11 is 6.04. The van der Waals surface area contributed by atoms with E-state index in [4.69, 9.17) is 16.3 Å². The number of aryl methyl sites for hydroxylation is 1. The summed E-state index contributed by atoms with van der Waals surface area (Å²) in [5, 5.41) is 6.59. The van der Waals surface area contributed by atoms with Crippen molar-refractivity contribution in [2.75, 3.05) is 19.0 Å². The first-order chi connectivity index (χ1) is 10.6. The summed E-state index contributed by atoms with van der Waals surface area (Å²) in [5.74, 6) is 0.723. The molecule has 0 atom stereocenters. The number of ether oxygens (including phenoxy) is 1. The second-order valence-electron chi connectivity index (χ2n) is 4.94. The minimum Gasteiger partial charge on any atom is -0.497 e. The van der Waals surface area contributed by atoms with E-state index in [-0.39, 0.29) is 12.5 Å². The van der Waals surface area contributed by atoms with Crippen LogP contribution in [0.25, 0.3) is 0 Å². The smallest absolute Gasteiger partial charge is 0.239 e. The van der Waals surface area contributed by atoms with Crippen LogP contribution in [0.4, 0.5) is 5.69 Å². The molecule has 0 heterocycles. The van der Waals surface area contributed by atoms with Crippen LogP contribution in [0.15, 0.2) is 42.5 Å². The van der Waals surface area contributed by atoms with Crippen LogP contribution < -0.4 is 15.4 Å². The third-order valence-corrected chi connectivity index (χ3v) is 3.68. The largest absolute Gasteiger partial charge is 0.497 e. The molecule has 0 aliphatic carbocycles. The number of methoxy groups -OCH3 is 1. The van der Waals surface area contributed by atoms with Crippen LogP contribution in [-0.2, 0) is 11.3 Å². The van der Waals surface area contributed by atoms with Gasteiger partial charge in [-0.25, -0.2) is 0 Å². The maximum Gasteiger partial charge on any atom is 0.239 e. The number of amides is 1. The molecular formula is C17H19ClN2O2. The van der Waals surface area contributed by atoms with Crippen molar-refractivity contribution >= 4 is 23.2 Å². The highest BCUT2D eigenvalue weighted by molar-refractivity contribution is 6.31. The van der Waals surface area contributed by atoms with Crippen LogP contribution in [0.2, 0.25) is 5.02 Å². The van der Waals surface area contributed by atoms with Crippen LogP contribution in [-0.4, -0.2) is 19.6 Å². The zero-order valence-corrected chi connectivity index (χ0v) is 13.4. The topological polar surface area (TPSA) is 50.4 Å². The minimum atomic E-state index is -0.0764. The van der Waals surface area contributed by atoms with Crippen LogP contribution in [0.3, 0.4) is 0 Å². The van der Waals surface area contributed by atoms with E-state index >= 15 is 0 Å². The van der Waals surface area contributed by atoms with E-state index in [1.807, 2.05) is 49.4 Å². The Morgan fingerprint density at radius 3 is 2.55 bits per heavy atom. The van der Waals surface area contributed by atoms with E-state index in [9.17, 15) is 4.79 Å². The number of benzene rings is 2. The molecule has 1 amide bonds. The van der Waals surface area contributed by atoms with Gasteiger partial charge < -0.3 is 15.4 Å². The first-order valence-electron chi connectivity index (χ1n) is 6.98. The quantitative estimate of drug-likeness (QED) is 0.858. The molecule has 22 heavy (non-hydrogen) atoms. The van der Waals surface area contributed by atoms with E-state index in [0.29, 0.717) is 11.6 Å². The monoisotopic (exact) mass is 318 g/mol. The second kappa shape index (κ2) is 7.71. The molecule has 0 aliphatic heterocycles. The second-order valence-corrected chi connectivity index (χ2v) is 5.35. The van der Waals surface area contributed by atoms with Crippen molar-refractivity contribution < 1.29 is 9.53 Å². The Bertz CT molecular complexity index is 642. The number of carbonyl (C=O) groups is 1. The summed E-state index contributed by atoms with van der Waals surface area (Å²) in [6, 6.07) is 13.2. The summed E-state index contributed by atoms with van der Waals surface area (Å²) in [7, 11) is 1.62. The fourth-order valence-electron chi connectivity index (χ4n) is 1.89. The van der Waals surface area contributed by atoms with Crippen LogP contribution >= 0.6 is 11.6 Å². The van der Waals surface area contributed by atoms with Gasteiger partial charge in [-0.2, -0.15) is 0 Å². The van der Waals surface area contributed by atoms with Crippen molar-refractivity contribution in [3.8, 4) is 5.75 Å². The lowest BCUT2D eigenvalue weighted by Gasteiger charge is -2.09. The summed E-state index contributed by atoms with van der Waals surface area (Å²) in [5.41, 5.74) is 2.86. The zero-order valence-electron chi connectivity index (χ0n) is 12.7. The highest BCUT2D eigenvalue weighted by atomic mass is 35.5. The molecule has 0 saturated carbocycles. The van der Waals surface area contributed by atoms with Gasteiger partial charge in [0.25, 0.3) is 0 Å². The Morgan fingerprint density at radius 2 is 1.91 bits per heavy atom. The van der Waals surface area contributed by atoms with Gasteiger partial charge in [0.05, 0.1) is 13.7 Å². The van der Waals surface area contributed by atoms with Gasteiger partial charge in [-0.05, 0) is 42.3 Å². The third-order valence-electron chi connectivity index (χ3n) is 3.27. The van der Waals surface area contributed by atoms with E-state index < -0.39 is 0 Å². The highest BCUT2D eigenvalue weighted by Gasteiger charge is 2.03. The van der Waals surface area contributed by atoms with E-state index in [2.05, 4.69) is 10.6 Å². The van der Waals surface area contributed by atoms with Crippen LogP contribution in [0.5, 0.6) is 5.75 Å². The Labute approximate surface area is 135 Å². The molecule has 0 saturated heterocycles. The van der Waals surface area contributed by atoms with Crippen LogP contribution in [0.1, 0.15) is 11.1 Å². The minimum absolute atomic E-state index is 0.0764. The average molecular weight is 319 g/mol. The summed E-state index contributed by atoms with van der Waals surface area (Å²) in [6.07, 6.45) is 0. The lowest BCUT2D eigenvalue weighted by Crippen LogP contribution is -2.29. The fourth-order valence-corrected chi connectivity index (χ4v) is 2.07. The molecule has 0 aliphatic rings.